The lowest BCUT2D eigenvalue weighted by Gasteiger charge is -2.37. The zero-order chi connectivity index (χ0) is 41.4. The van der Waals surface area contributed by atoms with Crippen LogP contribution in [0.2, 0.25) is 0 Å². The Balaban J connectivity index is 0.000000179. The number of halogens is 2. The summed E-state index contributed by atoms with van der Waals surface area (Å²) < 4.78 is 1.96. The number of imide groups is 2. The third kappa shape index (κ3) is 10.5. The first-order chi connectivity index (χ1) is 28.5. The molecule has 0 radical (unpaired) electrons. The molecule has 0 saturated carbocycles. The van der Waals surface area contributed by atoms with E-state index in [0.29, 0.717) is 44.7 Å². The first-order valence-corrected chi connectivity index (χ1v) is 22.4. The number of benzene rings is 4. The number of hydrogen-bond donors (Lipinski definition) is 2. The van der Waals surface area contributed by atoms with Crippen molar-refractivity contribution >= 4 is 55.7 Å². The molecule has 4 fully saturated rings. The molecule has 12 heteroatoms. The van der Waals surface area contributed by atoms with Crippen molar-refractivity contribution in [1.29, 1.82) is 0 Å². The van der Waals surface area contributed by atoms with Gasteiger partial charge in [-0.25, -0.2) is 9.59 Å². The molecule has 4 aromatic carbocycles. The predicted molar refractivity (Wildman–Crippen MR) is 237 cm³/mol. The van der Waals surface area contributed by atoms with E-state index in [1.54, 1.807) is 0 Å². The SMILES string of the molecule is CC(CCN1CCC2(CC1)NC(=O)N(Cc1ccc(Br)cc1)C2=O)c1ccccc1.O=C1NC2(CCN(CCCc3ccccc3)CC2)C(=O)N1Cc1ccc(Br)cc1. The highest BCUT2D eigenvalue weighted by molar-refractivity contribution is 9.10. The van der Waals surface area contributed by atoms with Crippen molar-refractivity contribution in [3.05, 3.63) is 140 Å². The number of amides is 6. The van der Waals surface area contributed by atoms with Crippen LogP contribution in [0.3, 0.4) is 0 Å². The average Bonchev–Trinajstić information content (AvgIpc) is 3.62. The van der Waals surface area contributed by atoms with Gasteiger partial charge in [0, 0.05) is 35.1 Å². The lowest BCUT2D eigenvalue weighted by Crippen LogP contribution is -2.55. The molecule has 6 amide bonds. The maximum Gasteiger partial charge on any atom is 0.325 e. The van der Waals surface area contributed by atoms with Gasteiger partial charge in [-0.15, -0.1) is 0 Å². The first-order valence-electron chi connectivity index (χ1n) is 20.8. The number of nitrogens with one attached hydrogen (secondary N) is 2. The van der Waals surface area contributed by atoms with E-state index in [9.17, 15) is 19.2 Å². The number of urea groups is 2. The van der Waals surface area contributed by atoms with Gasteiger partial charge in [0.25, 0.3) is 11.8 Å². The molecule has 1 atom stereocenters. The Hall–Kier alpha value is -4.36. The highest BCUT2D eigenvalue weighted by Gasteiger charge is 2.53. The smallest absolute Gasteiger partial charge is 0.323 e. The first kappa shape index (κ1) is 42.8. The number of carbonyl (C=O) groups excluding carboxylic acids is 4. The molecular formula is C47H54Br2N6O4. The number of likely N-dealkylation sites (tertiary alicyclic amines) is 2. The van der Waals surface area contributed by atoms with E-state index in [1.807, 2.05) is 60.7 Å². The largest absolute Gasteiger partial charge is 0.325 e. The van der Waals surface area contributed by atoms with Gasteiger partial charge in [-0.1, -0.05) is 124 Å². The normalized spacial score (nSPS) is 19.4. The maximum absolute atomic E-state index is 13.1. The van der Waals surface area contributed by atoms with Crippen LogP contribution < -0.4 is 10.6 Å². The van der Waals surface area contributed by atoms with E-state index in [0.717, 1.165) is 78.6 Å². The molecule has 4 aromatic rings. The van der Waals surface area contributed by atoms with Gasteiger partial charge in [0.1, 0.15) is 11.1 Å². The van der Waals surface area contributed by atoms with E-state index in [-0.39, 0.29) is 23.9 Å². The molecule has 2 N–H and O–H groups in total. The summed E-state index contributed by atoms with van der Waals surface area (Å²) in [5, 5.41) is 6.02. The number of carbonyl (C=O) groups is 4. The van der Waals surface area contributed by atoms with Crippen molar-refractivity contribution in [2.24, 2.45) is 0 Å². The summed E-state index contributed by atoms with van der Waals surface area (Å²) in [4.78, 5) is 58.9. The fourth-order valence-electron chi connectivity index (χ4n) is 8.65. The summed E-state index contributed by atoms with van der Waals surface area (Å²) in [6.45, 7) is 8.28. The van der Waals surface area contributed by atoms with Gasteiger partial charge >= 0.3 is 12.1 Å². The van der Waals surface area contributed by atoms with Gasteiger partial charge < -0.3 is 20.4 Å². The topological polar surface area (TPSA) is 105 Å². The van der Waals surface area contributed by atoms with Crippen LogP contribution in [0.25, 0.3) is 0 Å². The van der Waals surface area contributed by atoms with Gasteiger partial charge in [0.15, 0.2) is 0 Å². The molecule has 1 unspecified atom stereocenters. The predicted octanol–water partition coefficient (Wildman–Crippen LogP) is 8.50. The van der Waals surface area contributed by atoms with Gasteiger partial charge in [0.05, 0.1) is 13.1 Å². The van der Waals surface area contributed by atoms with E-state index in [1.165, 1.54) is 20.9 Å². The summed E-state index contributed by atoms with van der Waals surface area (Å²) in [5.41, 5.74) is 3.19. The van der Waals surface area contributed by atoms with Crippen LogP contribution in [0.1, 0.15) is 73.6 Å². The Labute approximate surface area is 364 Å². The van der Waals surface area contributed by atoms with E-state index in [4.69, 9.17) is 0 Å². The molecule has 0 aliphatic carbocycles. The molecule has 59 heavy (non-hydrogen) atoms. The highest BCUT2D eigenvalue weighted by Crippen LogP contribution is 2.33. The van der Waals surface area contributed by atoms with Gasteiger partial charge in [-0.05, 0) is 110 Å². The van der Waals surface area contributed by atoms with E-state index in [2.05, 4.69) is 108 Å². The zero-order valence-electron chi connectivity index (χ0n) is 33.8. The van der Waals surface area contributed by atoms with Gasteiger partial charge in [-0.3, -0.25) is 19.4 Å². The van der Waals surface area contributed by atoms with Crippen LogP contribution in [-0.2, 0) is 29.1 Å². The van der Waals surface area contributed by atoms with Crippen LogP contribution in [-0.4, -0.2) is 93.8 Å². The molecule has 10 nitrogen and oxygen atoms in total. The van der Waals surface area contributed by atoms with Crippen molar-refractivity contribution < 1.29 is 19.2 Å². The number of hydrogen-bond acceptors (Lipinski definition) is 6. The fourth-order valence-corrected chi connectivity index (χ4v) is 9.18. The number of aryl methyl sites for hydroxylation is 1. The zero-order valence-corrected chi connectivity index (χ0v) is 36.9. The highest BCUT2D eigenvalue weighted by atomic mass is 79.9. The molecule has 0 aromatic heterocycles. The second-order valence-electron chi connectivity index (χ2n) is 16.4. The monoisotopic (exact) mass is 924 g/mol. The molecular weight excluding hydrogens is 872 g/mol. The molecule has 4 aliphatic heterocycles. The second kappa shape index (κ2) is 19.4. The van der Waals surface area contributed by atoms with E-state index < -0.39 is 11.1 Å². The van der Waals surface area contributed by atoms with Crippen molar-refractivity contribution in [2.45, 2.75) is 82.0 Å². The standard InChI is InChI=1S/C24H28BrN3O2.C23H26BrN3O2/c1-18(20-5-3-2-4-6-20)11-14-27-15-12-24(13-16-27)22(29)28(23(30)26-24)17-19-7-9-21(25)10-8-19;24-20-10-8-19(9-11-20)17-27-21(28)23(25-22(27)29)12-15-26(16-13-23)14-4-7-18-5-2-1-3-6-18/h2-10,18H,11-17H2,1H3,(H,26,30);1-3,5-6,8-11H,4,7,12-17H2,(H,25,29). The lowest BCUT2D eigenvalue weighted by atomic mass is 9.87. The van der Waals surface area contributed by atoms with Crippen molar-refractivity contribution in [3.8, 4) is 0 Å². The van der Waals surface area contributed by atoms with Crippen LogP contribution in [0, 0.1) is 0 Å². The summed E-state index contributed by atoms with van der Waals surface area (Å²) in [6, 6.07) is 36.0. The molecule has 8 rings (SSSR count). The van der Waals surface area contributed by atoms with Crippen LogP contribution in [0.5, 0.6) is 0 Å². The molecule has 310 valence electrons. The molecule has 4 heterocycles. The van der Waals surface area contributed by atoms with Gasteiger partial charge in [0.2, 0.25) is 0 Å². The summed E-state index contributed by atoms with van der Waals surface area (Å²) in [6.07, 6.45) is 5.97. The Morgan fingerprint density at radius 1 is 0.559 bits per heavy atom. The third-order valence-electron chi connectivity index (χ3n) is 12.4. The molecule has 4 aliphatic rings. The third-order valence-corrected chi connectivity index (χ3v) is 13.5. The Kier molecular flexibility index (Phi) is 14.0. The minimum absolute atomic E-state index is 0.0747. The van der Waals surface area contributed by atoms with Crippen molar-refractivity contribution in [1.82, 2.24) is 30.2 Å². The second-order valence-corrected chi connectivity index (χ2v) is 18.3. The van der Waals surface area contributed by atoms with Crippen LogP contribution in [0.4, 0.5) is 9.59 Å². The molecule has 0 bridgehead atoms. The Morgan fingerprint density at radius 3 is 1.44 bits per heavy atom. The summed E-state index contributed by atoms with van der Waals surface area (Å²) >= 11 is 6.83. The van der Waals surface area contributed by atoms with Crippen molar-refractivity contribution in [2.75, 3.05) is 39.3 Å². The van der Waals surface area contributed by atoms with Gasteiger partial charge in [-0.2, -0.15) is 0 Å². The Morgan fingerprint density at radius 2 is 0.983 bits per heavy atom. The maximum atomic E-state index is 13.1. The number of rotatable bonds is 12. The summed E-state index contributed by atoms with van der Waals surface area (Å²) in [5.74, 6) is 0.360. The Bertz CT molecular complexity index is 2050. The minimum atomic E-state index is -0.728. The molecule has 4 saturated heterocycles. The lowest BCUT2D eigenvalue weighted by molar-refractivity contribution is -0.134. The molecule has 2 spiro atoms. The van der Waals surface area contributed by atoms with Crippen molar-refractivity contribution in [3.63, 3.8) is 0 Å². The van der Waals surface area contributed by atoms with E-state index >= 15 is 0 Å². The quantitative estimate of drug-likeness (QED) is 0.138. The number of nitrogens with zero attached hydrogens (tertiary/aromatic N) is 4. The van der Waals surface area contributed by atoms with Crippen LogP contribution >= 0.6 is 31.9 Å². The number of piperidine rings is 2. The summed E-state index contributed by atoms with van der Waals surface area (Å²) in [7, 11) is 0. The van der Waals surface area contributed by atoms with Crippen LogP contribution in [0.15, 0.2) is 118 Å². The fraction of sp³-hybridized carbons (Fsp3) is 0.404. The minimum Gasteiger partial charge on any atom is -0.323 e. The average molecular weight is 927 g/mol.